The van der Waals surface area contributed by atoms with Gasteiger partial charge in [0.1, 0.15) is 12.4 Å². The minimum absolute atomic E-state index is 0.188. The third-order valence-corrected chi connectivity index (χ3v) is 6.57. The van der Waals surface area contributed by atoms with Crippen molar-refractivity contribution < 1.29 is 17.9 Å². The van der Waals surface area contributed by atoms with Gasteiger partial charge in [0.15, 0.2) is 0 Å². The Morgan fingerprint density at radius 3 is 2.34 bits per heavy atom. The maximum Gasteiger partial charge on any atom is 0.251 e. The first kappa shape index (κ1) is 24.1. The van der Waals surface area contributed by atoms with Crippen LogP contribution in [0.2, 0.25) is 0 Å². The molecule has 0 heterocycles. The van der Waals surface area contributed by atoms with Gasteiger partial charge in [-0.15, -0.1) is 0 Å². The van der Waals surface area contributed by atoms with Crippen molar-refractivity contribution in [3.8, 4) is 5.75 Å². The number of benzene rings is 3. The molecule has 168 valence electrons. The Labute approximate surface area is 202 Å². The predicted octanol–water partition coefficient (Wildman–Crippen LogP) is 4.37. The van der Waals surface area contributed by atoms with Crippen LogP contribution < -0.4 is 14.4 Å². The first-order chi connectivity index (χ1) is 15.2. The predicted molar refractivity (Wildman–Crippen MR) is 136 cm³/mol. The quantitative estimate of drug-likeness (QED) is 0.310. The van der Waals surface area contributed by atoms with Crippen molar-refractivity contribution in [3.63, 3.8) is 0 Å². The van der Waals surface area contributed by atoms with E-state index in [1.807, 2.05) is 55.5 Å². The fourth-order valence-electron chi connectivity index (χ4n) is 3.16. The van der Waals surface area contributed by atoms with Crippen molar-refractivity contribution in [1.82, 2.24) is 5.32 Å². The molecule has 0 aliphatic rings. The van der Waals surface area contributed by atoms with Crippen molar-refractivity contribution in [2.75, 3.05) is 23.7 Å². The van der Waals surface area contributed by atoms with E-state index < -0.39 is 10.0 Å². The number of anilines is 1. The monoisotopic (exact) mass is 564 g/mol. The van der Waals surface area contributed by atoms with Crippen molar-refractivity contribution in [3.05, 3.63) is 93.1 Å². The lowest BCUT2D eigenvalue weighted by Gasteiger charge is -2.24. The third-order valence-electron chi connectivity index (χ3n) is 4.77. The molecule has 0 saturated carbocycles. The fraction of sp³-hybridized carbons (Fsp3) is 0.208. The number of hydrogen-bond donors (Lipinski definition) is 1. The number of carbonyl (C=O) groups excluding carboxylic acids is 1. The largest absolute Gasteiger partial charge is 0.492 e. The lowest BCUT2D eigenvalue weighted by molar-refractivity contribution is 0.0947. The molecular formula is C24H25IN2O4S. The summed E-state index contributed by atoms with van der Waals surface area (Å²) in [6, 6.07) is 22.0. The maximum absolute atomic E-state index is 12.4. The number of halogens is 1. The smallest absolute Gasteiger partial charge is 0.251 e. The van der Waals surface area contributed by atoms with E-state index in [4.69, 9.17) is 4.74 Å². The van der Waals surface area contributed by atoms with Crippen LogP contribution in [-0.2, 0) is 16.6 Å². The number of nitrogens with one attached hydrogen (secondary N) is 1. The number of rotatable bonds is 9. The molecule has 1 amide bonds. The van der Waals surface area contributed by atoms with Crippen LogP contribution in [0.3, 0.4) is 0 Å². The van der Waals surface area contributed by atoms with Gasteiger partial charge < -0.3 is 10.1 Å². The van der Waals surface area contributed by atoms with Gasteiger partial charge in [-0.1, -0.05) is 30.3 Å². The standard InChI is InChI=1S/C24H25IN2O4S/c1-18-16-21(25)12-13-23(18)27(32(2,29)30)17-19-8-10-20(11-9-19)24(28)26-14-15-31-22-6-4-3-5-7-22/h3-13,16H,14-15,17H2,1-2H3,(H,26,28). The van der Waals surface area contributed by atoms with E-state index in [0.717, 1.165) is 20.4 Å². The zero-order valence-electron chi connectivity index (χ0n) is 17.9. The maximum atomic E-state index is 12.4. The van der Waals surface area contributed by atoms with E-state index in [1.54, 1.807) is 24.3 Å². The van der Waals surface area contributed by atoms with Crippen LogP contribution in [0.1, 0.15) is 21.5 Å². The molecule has 8 heteroatoms. The van der Waals surface area contributed by atoms with Crippen LogP contribution in [0, 0.1) is 10.5 Å². The van der Waals surface area contributed by atoms with Gasteiger partial charge >= 0.3 is 0 Å². The van der Waals surface area contributed by atoms with Gasteiger partial charge in [-0.3, -0.25) is 9.10 Å². The summed E-state index contributed by atoms with van der Waals surface area (Å²) in [5.74, 6) is 0.548. The molecule has 3 aromatic carbocycles. The second kappa shape index (κ2) is 10.8. The number of hydrogen-bond acceptors (Lipinski definition) is 4. The Hall–Kier alpha value is -2.59. The summed E-state index contributed by atoms with van der Waals surface area (Å²) in [5.41, 5.74) is 2.83. The number of carbonyl (C=O) groups is 1. The second-order valence-electron chi connectivity index (χ2n) is 7.31. The highest BCUT2D eigenvalue weighted by Gasteiger charge is 2.20. The molecule has 3 aromatic rings. The molecule has 0 spiro atoms. The van der Waals surface area contributed by atoms with Gasteiger partial charge in [0.05, 0.1) is 25.0 Å². The lowest BCUT2D eigenvalue weighted by atomic mass is 10.1. The normalized spacial score (nSPS) is 11.1. The summed E-state index contributed by atoms with van der Waals surface area (Å²) in [4.78, 5) is 12.4. The van der Waals surface area contributed by atoms with Crippen molar-refractivity contribution >= 4 is 44.2 Å². The van der Waals surface area contributed by atoms with Crippen LogP contribution >= 0.6 is 22.6 Å². The van der Waals surface area contributed by atoms with Crippen LogP contribution in [0.25, 0.3) is 0 Å². The Kier molecular flexibility index (Phi) is 8.14. The molecule has 0 aliphatic heterocycles. The van der Waals surface area contributed by atoms with Crippen LogP contribution in [0.4, 0.5) is 5.69 Å². The van der Waals surface area contributed by atoms with E-state index in [2.05, 4.69) is 27.9 Å². The number of aryl methyl sites for hydroxylation is 1. The molecule has 0 saturated heterocycles. The molecule has 0 unspecified atom stereocenters. The highest BCUT2D eigenvalue weighted by molar-refractivity contribution is 14.1. The fourth-order valence-corrected chi connectivity index (χ4v) is 4.75. The van der Waals surface area contributed by atoms with Crippen molar-refractivity contribution in [2.45, 2.75) is 13.5 Å². The summed E-state index contributed by atoms with van der Waals surface area (Å²) in [6.45, 7) is 2.83. The zero-order valence-corrected chi connectivity index (χ0v) is 20.9. The Morgan fingerprint density at radius 1 is 1.03 bits per heavy atom. The Bertz CT molecular complexity index is 1170. The molecule has 1 N–H and O–H groups in total. The number of nitrogens with zero attached hydrogens (tertiary/aromatic N) is 1. The average Bonchev–Trinajstić information content (AvgIpc) is 2.76. The molecular weight excluding hydrogens is 539 g/mol. The molecule has 0 bridgehead atoms. The summed E-state index contributed by atoms with van der Waals surface area (Å²) in [5, 5.41) is 2.82. The number of sulfonamides is 1. The van der Waals surface area contributed by atoms with Crippen molar-refractivity contribution in [1.29, 1.82) is 0 Å². The molecule has 32 heavy (non-hydrogen) atoms. The SMILES string of the molecule is Cc1cc(I)ccc1N(Cc1ccc(C(=O)NCCOc2ccccc2)cc1)S(C)(=O)=O. The topological polar surface area (TPSA) is 75.7 Å². The average molecular weight is 564 g/mol. The minimum atomic E-state index is -3.48. The Balaban J connectivity index is 1.61. The van der Waals surface area contributed by atoms with Gasteiger partial charge in [0.2, 0.25) is 10.0 Å². The first-order valence-corrected chi connectivity index (χ1v) is 13.0. The minimum Gasteiger partial charge on any atom is -0.492 e. The highest BCUT2D eigenvalue weighted by atomic mass is 127. The lowest BCUT2D eigenvalue weighted by Crippen LogP contribution is -2.30. The zero-order chi connectivity index (χ0) is 23.1. The highest BCUT2D eigenvalue weighted by Crippen LogP contribution is 2.26. The first-order valence-electron chi connectivity index (χ1n) is 10.0. The van der Waals surface area contributed by atoms with Gasteiger partial charge in [0, 0.05) is 9.13 Å². The van der Waals surface area contributed by atoms with Gasteiger partial charge in [-0.25, -0.2) is 8.42 Å². The summed E-state index contributed by atoms with van der Waals surface area (Å²) in [7, 11) is -3.48. The van der Waals surface area contributed by atoms with E-state index in [9.17, 15) is 13.2 Å². The number of para-hydroxylation sites is 1. The number of ether oxygens (including phenoxy) is 1. The van der Waals surface area contributed by atoms with Crippen LogP contribution in [0.15, 0.2) is 72.8 Å². The van der Waals surface area contributed by atoms with Crippen LogP contribution in [-0.4, -0.2) is 33.7 Å². The van der Waals surface area contributed by atoms with Crippen molar-refractivity contribution in [2.24, 2.45) is 0 Å². The van der Waals surface area contributed by atoms with Gasteiger partial charge in [0.25, 0.3) is 5.91 Å². The van der Waals surface area contributed by atoms with E-state index >= 15 is 0 Å². The second-order valence-corrected chi connectivity index (χ2v) is 10.5. The molecule has 0 atom stereocenters. The number of amides is 1. The van der Waals surface area contributed by atoms with Gasteiger partial charge in [-0.05, 0) is 83.1 Å². The summed E-state index contributed by atoms with van der Waals surface area (Å²) in [6.07, 6.45) is 1.20. The molecule has 0 aliphatic carbocycles. The molecule has 0 aromatic heterocycles. The third kappa shape index (κ3) is 6.70. The molecule has 0 fully saturated rings. The van der Waals surface area contributed by atoms with Crippen LogP contribution in [0.5, 0.6) is 5.75 Å². The van der Waals surface area contributed by atoms with E-state index in [1.165, 1.54) is 10.6 Å². The Morgan fingerprint density at radius 2 is 1.72 bits per heavy atom. The summed E-state index contributed by atoms with van der Waals surface area (Å²) >= 11 is 2.20. The summed E-state index contributed by atoms with van der Waals surface area (Å²) < 4.78 is 32.9. The molecule has 3 rings (SSSR count). The molecule has 0 radical (unpaired) electrons. The van der Waals surface area contributed by atoms with E-state index in [-0.39, 0.29) is 12.5 Å². The van der Waals surface area contributed by atoms with Gasteiger partial charge in [-0.2, -0.15) is 0 Å². The van der Waals surface area contributed by atoms with E-state index in [0.29, 0.717) is 24.4 Å². The molecule has 6 nitrogen and oxygen atoms in total.